The van der Waals surface area contributed by atoms with Crippen LogP contribution in [-0.2, 0) is 0 Å². The van der Waals surface area contributed by atoms with Gasteiger partial charge in [-0.05, 0) is 18.2 Å². The maximum absolute atomic E-state index is 6.32. The summed E-state index contributed by atoms with van der Waals surface area (Å²) in [6.07, 6.45) is 1.82. The first kappa shape index (κ1) is 15.5. The summed E-state index contributed by atoms with van der Waals surface area (Å²) in [6.45, 7) is 3.62. The Labute approximate surface area is 150 Å². The fraction of sp³-hybridized carbons (Fsp3) is 0.222. The molecule has 0 aliphatic carbocycles. The maximum Gasteiger partial charge on any atom is 0.114 e. The van der Waals surface area contributed by atoms with E-state index in [1.54, 1.807) is 0 Å². The van der Waals surface area contributed by atoms with Gasteiger partial charge in [-0.3, -0.25) is 0 Å². The van der Waals surface area contributed by atoms with Crippen LogP contribution in [0.3, 0.4) is 0 Å². The Bertz CT molecular complexity index is 876. The van der Waals surface area contributed by atoms with Crippen molar-refractivity contribution in [1.29, 1.82) is 0 Å². The fourth-order valence-corrected chi connectivity index (χ4v) is 3.65. The Morgan fingerprint density at radius 1 is 0.750 bits per heavy atom. The van der Waals surface area contributed by atoms with Gasteiger partial charge in [0.15, 0.2) is 0 Å². The molecule has 0 amide bonds. The van der Waals surface area contributed by atoms with Gasteiger partial charge in [-0.2, -0.15) is 5.10 Å². The number of rotatable bonds is 2. The lowest BCUT2D eigenvalue weighted by molar-refractivity contribution is 0.654. The molecule has 0 radical (unpaired) electrons. The van der Waals surface area contributed by atoms with Crippen LogP contribution >= 0.6 is 23.2 Å². The summed E-state index contributed by atoms with van der Waals surface area (Å²) in [5.41, 5.74) is 2.94. The van der Waals surface area contributed by atoms with E-state index in [0.29, 0.717) is 5.02 Å². The lowest BCUT2D eigenvalue weighted by Gasteiger charge is -2.37. The zero-order chi connectivity index (χ0) is 16.5. The largest absolute Gasteiger partial charge is 0.367 e. The van der Waals surface area contributed by atoms with Gasteiger partial charge in [0.1, 0.15) is 5.52 Å². The Kier molecular flexibility index (Phi) is 4.17. The van der Waals surface area contributed by atoms with Crippen LogP contribution in [-0.4, -0.2) is 36.4 Å². The quantitative estimate of drug-likeness (QED) is 0.684. The molecule has 4 rings (SSSR count). The second-order valence-electron chi connectivity index (χ2n) is 5.79. The van der Waals surface area contributed by atoms with Crippen LogP contribution in [0.5, 0.6) is 0 Å². The molecule has 3 aromatic rings. The van der Waals surface area contributed by atoms with Gasteiger partial charge in [-0.15, -0.1) is 5.10 Å². The molecule has 4 nitrogen and oxygen atoms in total. The molecule has 1 fully saturated rings. The summed E-state index contributed by atoms with van der Waals surface area (Å²) in [5.74, 6) is 0. The van der Waals surface area contributed by atoms with Crippen LogP contribution in [0.4, 0.5) is 11.4 Å². The summed E-state index contributed by atoms with van der Waals surface area (Å²) in [7, 11) is 0. The zero-order valence-corrected chi connectivity index (χ0v) is 14.5. The SMILES string of the molecule is Clc1ccccc1N1CCN(c2cnnc3c(Cl)cccc23)CC1. The average molecular weight is 359 g/mol. The van der Waals surface area contributed by atoms with Crippen molar-refractivity contribution in [2.24, 2.45) is 0 Å². The summed E-state index contributed by atoms with van der Waals surface area (Å²) in [4.78, 5) is 4.66. The highest BCUT2D eigenvalue weighted by molar-refractivity contribution is 6.35. The topological polar surface area (TPSA) is 32.3 Å². The van der Waals surface area contributed by atoms with Gasteiger partial charge in [0, 0.05) is 31.6 Å². The molecule has 24 heavy (non-hydrogen) atoms. The van der Waals surface area contributed by atoms with Gasteiger partial charge in [0.25, 0.3) is 0 Å². The zero-order valence-electron chi connectivity index (χ0n) is 13.0. The molecule has 1 aliphatic heterocycles. The van der Waals surface area contributed by atoms with Crippen molar-refractivity contribution in [3.05, 3.63) is 58.7 Å². The van der Waals surface area contributed by atoms with E-state index < -0.39 is 0 Å². The van der Waals surface area contributed by atoms with Crippen molar-refractivity contribution < 1.29 is 0 Å². The number of fused-ring (bicyclic) bond motifs is 1. The molecule has 6 heteroatoms. The molecule has 2 aromatic carbocycles. The third-order valence-corrected chi connectivity index (χ3v) is 5.04. The Balaban J connectivity index is 1.59. The van der Waals surface area contributed by atoms with Crippen molar-refractivity contribution in [2.45, 2.75) is 0 Å². The minimum absolute atomic E-state index is 0.636. The molecule has 0 atom stereocenters. The van der Waals surface area contributed by atoms with Crippen LogP contribution in [0, 0.1) is 0 Å². The van der Waals surface area contributed by atoms with E-state index in [9.17, 15) is 0 Å². The first-order valence-electron chi connectivity index (χ1n) is 7.88. The highest BCUT2D eigenvalue weighted by Crippen LogP contribution is 2.31. The van der Waals surface area contributed by atoms with E-state index in [1.165, 1.54) is 0 Å². The Hall–Kier alpha value is -2.04. The van der Waals surface area contributed by atoms with E-state index in [0.717, 1.165) is 53.5 Å². The predicted molar refractivity (Wildman–Crippen MR) is 100 cm³/mol. The molecule has 0 saturated carbocycles. The van der Waals surface area contributed by atoms with E-state index in [2.05, 4.69) is 26.1 Å². The number of halogens is 2. The first-order valence-corrected chi connectivity index (χ1v) is 8.64. The molecule has 1 aliphatic rings. The number of aromatic nitrogens is 2. The number of hydrogen-bond acceptors (Lipinski definition) is 4. The van der Waals surface area contributed by atoms with Gasteiger partial charge >= 0.3 is 0 Å². The van der Waals surface area contributed by atoms with Gasteiger partial charge in [0.05, 0.1) is 27.6 Å². The van der Waals surface area contributed by atoms with E-state index in [-0.39, 0.29) is 0 Å². The fourth-order valence-electron chi connectivity index (χ4n) is 3.18. The lowest BCUT2D eigenvalue weighted by Crippen LogP contribution is -2.46. The minimum atomic E-state index is 0.636. The molecular formula is C18H16Cl2N4. The van der Waals surface area contributed by atoms with E-state index >= 15 is 0 Å². The van der Waals surface area contributed by atoms with E-state index in [4.69, 9.17) is 23.2 Å². The maximum atomic E-state index is 6.32. The van der Waals surface area contributed by atoms with Crippen molar-refractivity contribution in [3.63, 3.8) is 0 Å². The van der Waals surface area contributed by atoms with Crippen molar-refractivity contribution in [2.75, 3.05) is 36.0 Å². The molecule has 0 N–H and O–H groups in total. The molecule has 0 bridgehead atoms. The van der Waals surface area contributed by atoms with Gasteiger partial charge in [-0.25, -0.2) is 0 Å². The highest BCUT2D eigenvalue weighted by atomic mass is 35.5. The Morgan fingerprint density at radius 3 is 2.17 bits per heavy atom. The number of para-hydroxylation sites is 1. The van der Waals surface area contributed by atoms with Crippen LogP contribution < -0.4 is 9.80 Å². The molecule has 1 saturated heterocycles. The number of anilines is 2. The van der Waals surface area contributed by atoms with Gasteiger partial charge in [-0.1, -0.05) is 47.5 Å². The van der Waals surface area contributed by atoms with Crippen molar-refractivity contribution >= 4 is 45.5 Å². The number of nitrogens with zero attached hydrogens (tertiary/aromatic N) is 4. The standard InChI is InChI=1S/C18H16Cl2N4/c19-14-5-1-2-7-16(14)23-8-10-24(11-9-23)17-12-21-22-18-13(17)4-3-6-15(18)20/h1-7,12H,8-11H2. The van der Waals surface area contributed by atoms with Crippen LogP contribution in [0.2, 0.25) is 10.0 Å². The molecule has 122 valence electrons. The molecule has 2 heterocycles. The van der Waals surface area contributed by atoms with Gasteiger partial charge in [0.2, 0.25) is 0 Å². The summed E-state index contributed by atoms with van der Waals surface area (Å²) in [6, 6.07) is 13.8. The van der Waals surface area contributed by atoms with Crippen LogP contribution in [0.1, 0.15) is 0 Å². The summed E-state index contributed by atoms with van der Waals surface area (Å²) < 4.78 is 0. The average Bonchev–Trinajstić information content (AvgIpc) is 2.62. The van der Waals surface area contributed by atoms with E-state index in [1.807, 2.05) is 42.6 Å². The molecule has 0 spiro atoms. The van der Waals surface area contributed by atoms with Crippen LogP contribution in [0.25, 0.3) is 10.9 Å². The summed E-state index contributed by atoms with van der Waals surface area (Å²) >= 11 is 12.6. The highest BCUT2D eigenvalue weighted by Gasteiger charge is 2.21. The smallest absolute Gasteiger partial charge is 0.114 e. The first-order chi connectivity index (χ1) is 11.7. The van der Waals surface area contributed by atoms with Gasteiger partial charge < -0.3 is 9.80 Å². The summed E-state index contributed by atoms with van der Waals surface area (Å²) in [5, 5.41) is 10.8. The molecular weight excluding hydrogens is 343 g/mol. The Morgan fingerprint density at radius 2 is 1.42 bits per heavy atom. The third kappa shape index (κ3) is 2.76. The minimum Gasteiger partial charge on any atom is -0.367 e. The number of piperazine rings is 1. The van der Waals surface area contributed by atoms with Crippen LogP contribution in [0.15, 0.2) is 48.7 Å². The normalized spacial score (nSPS) is 15.1. The molecule has 1 aromatic heterocycles. The second-order valence-corrected chi connectivity index (χ2v) is 6.61. The second kappa shape index (κ2) is 6.46. The number of benzene rings is 2. The predicted octanol–water partition coefficient (Wildman–Crippen LogP) is 4.26. The van der Waals surface area contributed by atoms with Crippen molar-refractivity contribution in [3.8, 4) is 0 Å². The molecule has 0 unspecified atom stereocenters. The third-order valence-electron chi connectivity index (χ3n) is 4.41. The monoisotopic (exact) mass is 358 g/mol. The van der Waals surface area contributed by atoms with Crippen molar-refractivity contribution in [1.82, 2.24) is 10.2 Å². The lowest BCUT2D eigenvalue weighted by atomic mass is 10.1. The number of hydrogen-bond donors (Lipinski definition) is 0.